The van der Waals surface area contributed by atoms with E-state index in [0.29, 0.717) is 24.4 Å². The van der Waals surface area contributed by atoms with Crippen LogP contribution in [-0.2, 0) is 11.3 Å². The van der Waals surface area contributed by atoms with E-state index in [4.69, 9.17) is 4.84 Å². The first-order chi connectivity index (χ1) is 12.7. The minimum atomic E-state index is 0.522. The molecule has 0 saturated carbocycles. The molecular weight excluding hydrogens is 328 g/mol. The van der Waals surface area contributed by atoms with E-state index in [1.165, 1.54) is 0 Å². The fraction of sp³-hybridized carbons (Fsp3) is 0.211. The predicted molar refractivity (Wildman–Crippen MR) is 99.2 cm³/mol. The Morgan fingerprint density at radius 2 is 2.08 bits per heavy atom. The highest BCUT2D eigenvalue weighted by molar-refractivity contribution is 5.96. The van der Waals surface area contributed by atoms with Crippen molar-refractivity contribution in [3.8, 4) is 0 Å². The first-order valence-corrected chi connectivity index (χ1v) is 8.46. The molecule has 0 aliphatic carbocycles. The largest absolute Gasteiger partial charge is 0.396 e. The lowest BCUT2D eigenvalue weighted by molar-refractivity contribution is 0.159. The Hall–Kier alpha value is -3.35. The Kier molecular flexibility index (Phi) is 4.27. The van der Waals surface area contributed by atoms with Gasteiger partial charge in [0.15, 0.2) is 11.5 Å². The standard InChI is InChI=1S/C19H18N6O/c1-3-26-24-13(2)16-8-9-18-21-22-19(25(18)23-16)12-14-6-7-17-15(11-14)5-4-10-20-17/h4-11H,3,12H2,1-2H3/b24-13+. The van der Waals surface area contributed by atoms with Gasteiger partial charge < -0.3 is 4.84 Å². The fourth-order valence-electron chi connectivity index (χ4n) is 2.76. The van der Waals surface area contributed by atoms with Gasteiger partial charge in [-0.1, -0.05) is 17.3 Å². The second-order valence-electron chi connectivity index (χ2n) is 5.91. The number of oxime groups is 1. The normalized spacial score (nSPS) is 12.0. The summed E-state index contributed by atoms with van der Waals surface area (Å²) < 4.78 is 1.76. The van der Waals surface area contributed by atoms with E-state index in [2.05, 4.69) is 43.6 Å². The zero-order chi connectivity index (χ0) is 17.9. The lowest BCUT2D eigenvalue weighted by Crippen LogP contribution is -2.07. The van der Waals surface area contributed by atoms with Crippen LogP contribution in [0, 0.1) is 0 Å². The summed E-state index contributed by atoms with van der Waals surface area (Å²) in [5.41, 5.74) is 4.26. The van der Waals surface area contributed by atoms with Crippen LogP contribution < -0.4 is 0 Å². The fourth-order valence-corrected chi connectivity index (χ4v) is 2.76. The molecule has 0 N–H and O–H groups in total. The lowest BCUT2D eigenvalue weighted by Gasteiger charge is -2.04. The van der Waals surface area contributed by atoms with Gasteiger partial charge in [-0.15, -0.1) is 10.2 Å². The molecule has 0 atom stereocenters. The third-order valence-corrected chi connectivity index (χ3v) is 4.06. The molecule has 26 heavy (non-hydrogen) atoms. The van der Waals surface area contributed by atoms with Crippen LogP contribution in [0.2, 0.25) is 0 Å². The number of hydrogen-bond acceptors (Lipinski definition) is 6. The van der Waals surface area contributed by atoms with Gasteiger partial charge in [0.25, 0.3) is 0 Å². The minimum absolute atomic E-state index is 0.522. The molecular formula is C19H18N6O. The van der Waals surface area contributed by atoms with Crippen LogP contribution in [0.4, 0.5) is 0 Å². The molecule has 0 amide bonds. The highest BCUT2D eigenvalue weighted by Crippen LogP contribution is 2.16. The number of nitrogens with zero attached hydrogens (tertiary/aromatic N) is 6. The van der Waals surface area contributed by atoms with Crippen molar-refractivity contribution in [2.75, 3.05) is 6.61 Å². The highest BCUT2D eigenvalue weighted by atomic mass is 16.6. The Morgan fingerprint density at radius 1 is 1.15 bits per heavy atom. The molecule has 0 unspecified atom stereocenters. The summed E-state index contributed by atoms with van der Waals surface area (Å²) in [6, 6.07) is 13.9. The molecule has 7 heteroatoms. The molecule has 1 aromatic carbocycles. The van der Waals surface area contributed by atoms with Gasteiger partial charge in [0, 0.05) is 18.0 Å². The van der Waals surface area contributed by atoms with Crippen LogP contribution in [0.25, 0.3) is 16.6 Å². The molecule has 0 spiro atoms. The van der Waals surface area contributed by atoms with Crippen LogP contribution in [0.3, 0.4) is 0 Å². The molecule has 0 radical (unpaired) electrons. The SMILES string of the molecule is CCO/N=C(\C)c1ccc2nnc(Cc3ccc4ncccc4c3)n2n1. The van der Waals surface area contributed by atoms with Crippen LogP contribution in [0.15, 0.2) is 53.8 Å². The number of hydrogen-bond donors (Lipinski definition) is 0. The van der Waals surface area contributed by atoms with Gasteiger partial charge in [0.05, 0.1) is 5.52 Å². The summed E-state index contributed by atoms with van der Waals surface area (Å²) in [6.45, 7) is 4.28. The second-order valence-corrected chi connectivity index (χ2v) is 5.91. The maximum absolute atomic E-state index is 5.11. The van der Waals surface area contributed by atoms with Crippen molar-refractivity contribution >= 4 is 22.3 Å². The van der Waals surface area contributed by atoms with Gasteiger partial charge >= 0.3 is 0 Å². The van der Waals surface area contributed by atoms with Crippen molar-refractivity contribution in [1.29, 1.82) is 0 Å². The second kappa shape index (κ2) is 6.87. The third kappa shape index (κ3) is 3.11. The number of pyridine rings is 1. The Balaban J connectivity index is 1.69. The van der Waals surface area contributed by atoms with Crippen LogP contribution in [0.5, 0.6) is 0 Å². The van der Waals surface area contributed by atoms with Gasteiger partial charge in [0.2, 0.25) is 0 Å². The van der Waals surface area contributed by atoms with Gasteiger partial charge in [-0.25, -0.2) is 0 Å². The summed E-state index contributed by atoms with van der Waals surface area (Å²) in [5.74, 6) is 0.773. The van der Waals surface area contributed by atoms with Gasteiger partial charge in [0.1, 0.15) is 18.0 Å². The minimum Gasteiger partial charge on any atom is -0.396 e. The van der Waals surface area contributed by atoms with Crippen molar-refractivity contribution in [3.05, 3.63) is 65.7 Å². The third-order valence-electron chi connectivity index (χ3n) is 4.06. The first kappa shape index (κ1) is 16.1. The Labute approximate surface area is 150 Å². The van der Waals surface area contributed by atoms with Crippen LogP contribution in [-0.4, -0.2) is 37.1 Å². The molecule has 4 aromatic rings. The molecule has 3 heterocycles. The summed E-state index contributed by atoms with van der Waals surface area (Å²) in [7, 11) is 0. The topological polar surface area (TPSA) is 77.6 Å². The molecule has 0 aliphatic rings. The molecule has 0 fully saturated rings. The average Bonchev–Trinajstić information content (AvgIpc) is 3.08. The average molecular weight is 346 g/mol. The Bertz CT molecular complexity index is 1100. The van der Waals surface area contributed by atoms with E-state index >= 15 is 0 Å². The molecule has 3 aromatic heterocycles. The van der Waals surface area contributed by atoms with Gasteiger partial charge in [-0.05, 0) is 49.7 Å². The summed E-state index contributed by atoms with van der Waals surface area (Å²) in [5, 5.41) is 18.3. The molecule has 0 bridgehead atoms. The summed E-state index contributed by atoms with van der Waals surface area (Å²) in [4.78, 5) is 9.47. The predicted octanol–water partition coefficient (Wildman–Crippen LogP) is 3.02. The molecule has 4 rings (SSSR count). The highest BCUT2D eigenvalue weighted by Gasteiger charge is 2.10. The van der Waals surface area contributed by atoms with Crippen molar-refractivity contribution in [3.63, 3.8) is 0 Å². The maximum Gasteiger partial charge on any atom is 0.177 e. The monoisotopic (exact) mass is 346 g/mol. The number of benzene rings is 1. The van der Waals surface area contributed by atoms with E-state index in [1.807, 2.05) is 38.1 Å². The van der Waals surface area contributed by atoms with E-state index in [1.54, 1.807) is 10.7 Å². The summed E-state index contributed by atoms with van der Waals surface area (Å²) >= 11 is 0. The smallest absolute Gasteiger partial charge is 0.177 e. The molecule has 130 valence electrons. The van der Waals surface area contributed by atoms with Gasteiger partial charge in [-0.2, -0.15) is 9.61 Å². The number of aromatic nitrogens is 5. The Morgan fingerprint density at radius 3 is 2.96 bits per heavy atom. The van der Waals surface area contributed by atoms with Crippen LogP contribution >= 0.6 is 0 Å². The van der Waals surface area contributed by atoms with Crippen LogP contribution in [0.1, 0.15) is 30.9 Å². The number of fused-ring (bicyclic) bond motifs is 2. The van der Waals surface area contributed by atoms with Crippen molar-refractivity contribution in [2.24, 2.45) is 5.16 Å². The van der Waals surface area contributed by atoms with Crippen molar-refractivity contribution in [1.82, 2.24) is 24.8 Å². The number of rotatable bonds is 5. The van der Waals surface area contributed by atoms with Crippen molar-refractivity contribution in [2.45, 2.75) is 20.3 Å². The molecule has 0 saturated heterocycles. The van der Waals surface area contributed by atoms with E-state index in [0.717, 1.165) is 28.0 Å². The molecule has 0 aliphatic heterocycles. The maximum atomic E-state index is 5.11. The quantitative estimate of drug-likeness (QED) is 0.410. The zero-order valence-electron chi connectivity index (χ0n) is 14.6. The zero-order valence-corrected chi connectivity index (χ0v) is 14.6. The lowest BCUT2D eigenvalue weighted by atomic mass is 10.1. The van der Waals surface area contributed by atoms with E-state index < -0.39 is 0 Å². The van der Waals surface area contributed by atoms with E-state index in [9.17, 15) is 0 Å². The first-order valence-electron chi connectivity index (χ1n) is 8.46. The van der Waals surface area contributed by atoms with Crippen molar-refractivity contribution < 1.29 is 4.84 Å². The van der Waals surface area contributed by atoms with E-state index in [-0.39, 0.29) is 0 Å². The summed E-state index contributed by atoms with van der Waals surface area (Å²) in [6.07, 6.45) is 2.43. The van der Waals surface area contributed by atoms with Gasteiger partial charge in [-0.3, -0.25) is 4.98 Å². The molecule has 7 nitrogen and oxygen atoms in total.